The number of hydrogen-bond acceptors (Lipinski definition) is 11. The molecule has 4 unspecified atom stereocenters. The van der Waals surface area contributed by atoms with Gasteiger partial charge in [-0.25, -0.2) is 28.5 Å². The van der Waals surface area contributed by atoms with E-state index in [2.05, 4.69) is 4.98 Å². The number of aromatic hydroxyl groups is 1. The quantitative estimate of drug-likeness (QED) is 0.204. The number of ketones is 2. The van der Waals surface area contributed by atoms with E-state index >= 15 is 0 Å². The summed E-state index contributed by atoms with van der Waals surface area (Å²) in [4.78, 5) is 69.7. The van der Waals surface area contributed by atoms with Crippen LogP contribution >= 0.6 is 46.4 Å². The molecule has 2 aliphatic carbocycles. The number of aromatic nitrogens is 5. The molecule has 2 aromatic carbocycles. The van der Waals surface area contributed by atoms with E-state index in [0.29, 0.717) is 28.1 Å². The number of ether oxygens (including phenoxy) is 4. The molecule has 0 spiro atoms. The molecular weight excluding hydrogens is 792 g/mol. The molecule has 1 aliphatic heterocycles. The minimum Gasteiger partial charge on any atom is -0.508 e. The van der Waals surface area contributed by atoms with Crippen LogP contribution in [0.25, 0.3) is 11.0 Å². The van der Waals surface area contributed by atoms with Crippen LogP contribution in [-0.4, -0.2) is 78.3 Å². The van der Waals surface area contributed by atoms with Crippen LogP contribution in [0.5, 0.6) is 28.7 Å². The Morgan fingerprint density at radius 3 is 2.06 bits per heavy atom. The summed E-state index contributed by atoms with van der Waals surface area (Å²) in [5.74, 6) is -2.72. The molecule has 4 atom stereocenters. The van der Waals surface area contributed by atoms with Gasteiger partial charge in [-0.05, 0) is 5.57 Å². The van der Waals surface area contributed by atoms with Crippen molar-refractivity contribution < 1.29 is 33.6 Å². The zero-order valence-corrected chi connectivity index (χ0v) is 32.3. The van der Waals surface area contributed by atoms with Gasteiger partial charge in [0, 0.05) is 62.2 Å². The summed E-state index contributed by atoms with van der Waals surface area (Å²) in [6, 6.07) is 4.61. The van der Waals surface area contributed by atoms with Crippen molar-refractivity contribution >= 4 is 69.0 Å². The number of fused-ring (bicyclic) bond motifs is 5. The van der Waals surface area contributed by atoms with Crippen molar-refractivity contribution in [1.82, 2.24) is 23.5 Å². The molecule has 2 aromatic heterocycles. The monoisotopic (exact) mass is 821 g/mol. The number of carbonyl (C=O) groups excluding carboxylic acids is 2. The van der Waals surface area contributed by atoms with Gasteiger partial charge in [0.2, 0.25) is 0 Å². The van der Waals surface area contributed by atoms with E-state index in [-0.39, 0.29) is 48.0 Å². The first-order chi connectivity index (χ1) is 25.6. The van der Waals surface area contributed by atoms with Gasteiger partial charge in [0.25, 0.3) is 5.56 Å². The number of phenolic OH excluding ortho intramolecular Hbond substituents is 1. The number of methoxy groups -OCH3 is 4. The predicted octanol–water partition coefficient (Wildman–Crippen LogP) is 3.51. The van der Waals surface area contributed by atoms with Gasteiger partial charge in [-0.15, -0.1) is 23.2 Å². The van der Waals surface area contributed by atoms with Gasteiger partial charge in [0.05, 0.1) is 52.1 Å². The Balaban J connectivity index is 1.37. The fourth-order valence-electron chi connectivity index (χ4n) is 7.83. The molecule has 0 saturated heterocycles. The SMILES string of the molecule is COc1cc2nc(CCn3c(=O)n4n(c3=O)C3CC5(Cl)C(=O)C(Cl)=C(Cl)C(=O)C5(Cl)C(c5c(OC)cc(O)cc5OC)C3=CC4)c(=O)n(C)c2cc1OC. The van der Waals surface area contributed by atoms with E-state index in [4.69, 9.17) is 65.4 Å². The highest BCUT2D eigenvalue weighted by molar-refractivity contribution is 6.66. The van der Waals surface area contributed by atoms with E-state index in [1.165, 1.54) is 49.8 Å². The van der Waals surface area contributed by atoms with Crippen LogP contribution in [0, 0.1) is 0 Å². The zero-order chi connectivity index (χ0) is 39.2. The lowest BCUT2D eigenvalue weighted by Gasteiger charge is -2.54. The predicted molar refractivity (Wildman–Crippen MR) is 198 cm³/mol. The van der Waals surface area contributed by atoms with Crippen LogP contribution in [0.2, 0.25) is 0 Å². The van der Waals surface area contributed by atoms with Crippen molar-refractivity contribution in [3.8, 4) is 28.7 Å². The van der Waals surface area contributed by atoms with E-state index < -0.39 is 66.7 Å². The molecular formula is C35H31Cl4N5O10. The standard InChI is InChI=1S/C35H31Cl4N5O10/c1-41-19-13-22(52-3)21(51-2)12-18(19)40-17(31(41)48)7-8-42-32(49)43-9-6-16-20(44(43)33(42)50)14-34(38)29(46)27(36)28(37)30(47)35(34,39)26(16)25-23(53-4)10-15(45)11-24(25)54-5/h6,10-13,20,26,45H,7-9,14H2,1-5H3. The summed E-state index contributed by atoms with van der Waals surface area (Å²) in [5, 5.41) is 9.20. The third-order valence-electron chi connectivity index (χ3n) is 10.4. The number of nitrogens with zero attached hydrogens (tertiary/aromatic N) is 5. The van der Waals surface area contributed by atoms with Crippen molar-refractivity contribution in [2.45, 2.75) is 47.6 Å². The number of hydrogen-bond donors (Lipinski definition) is 1. The Kier molecular flexibility index (Phi) is 9.23. The maximum Gasteiger partial charge on any atom is 0.347 e. The minimum absolute atomic E-state index is 0.0165. The third kappa shape index (κ3) is 5.08. The highest BCUT2D eigenvalue weighted by atomic mass is 35.5. The second-order valence-electron chi connectivity index (χ2n) is 12.9. The van der Waals surface area contributed by atoms with Crippen molar-refractivity contribution in [2.75, 3.05) is 28.4 Å². The number of Topliss-reactive ketones (excluding diaryl/α,β-unsaturated/α-hetero) is 2. The highest BCUT2D eigenvalue weighted by Crippen LogP contribution is 2.65. The summed E-state index contributed by atoms with van der Waals surface area (Å²) < 4.78 is 26.7. The van der Waals surface area contributed by atoms with Gasteiger partial charge in [-0.3, -0.25) is 14.4 Å². The smallest absolute Gasteiger partial charge is 0.347 e. The Hall–Kier alpha value is -4.70. The first-order valence-electron chi connectivity index (χ1n) is 16.3. The number of allylic oxidation sites excluding steroid dienone is 4. The topological polar surface area (TPSA) is 175 Å². The van der Waals surface area contributed by atoms with Crippen LogP contribution in [-0.2, 0) is 36.1 Å². The lowest BCUT2D eigenvalue weighted by Crippen LogP contribution is -2.67. The molecule has 3 aliphatic rings. The molecule has 1 fully saturated rings. The molecule has 1 N–H and O–H groups in total. The van der Waals surface area contributed by atoms with Crippen LogP contribution in [0.3, 0.4) is 0 Å². The molecule has 0 amide bonds. The van der Waals surface area contributed by atoms with Crippen molar-refractivity contribution in [3.63, 3.8) is 0 Å². The van der Waals surface area contributed by atoms with Crippen molar-refractivity contribution in [3.05, 3.63) is 88.6 Å². The number of phenols is 1. The molecule has 19 heteroatoms. The van der Waals surface area contributed by atoms with E-state index in [1.807, 2.05) is 0 Å². The largest absolute Gasteiger partial charge is 0.508 e. The van der Waals surface area contributed by atoms with E-state index in [9.17, 15) is 29.1 Å². The van der Waals surface area contributed by atoms with Crippen LogP contribution in [0.4, 0.5) is 0 Å². The first-order valence-corrected chi connectivity index (χ1v) is 17.8. The van der Waals surface area contributed by atoms with Crippen molar-refractivity contribution in [2.24, 2.45) is 7.05 Å². The van der Waals surface area contributed by atoms with Crippen LogP contribution in [0.15, 0.2) is 60.4 Å². The molecule has 4 aromatic rings. The molecule has 1 saturated carbocycles. The average molecular weight is 823 g/mol. The second kappa shape index (κ2) is 13.3. The lowest BCUT2D eigenvalue weighted by atomic mass is 9.59. The number of benzene rings is 2. The van der Waals surface area contributed by atoms with Crippen molar-refractivity contribution in [1.29, 1.82) is 0 Å². The Morgan fingerprint density at radius 1 is 0.852 bits per heavy atom. The van der Waals surface area contributed by atoms with Gasteiger partial charge < -0.3 is 28.6 Å². The van der Waals surface area contributed by atoms with Gasteiger partial charge >= 0.3 is 11.4 Å². The fourth-order valence-corrected chi connectivity index (χ4v) is 9.33. The maximum absolute atomic E-state index is 14.3. The lowest BCUT2D eigenvalue weighted by molar-refractivity contribution is -0.128. The van der Waals surface area contributed by atoms with Crippen LogP contribution in [0.1, 0.15) is 29.6 Å². The number of alkyl halides is 2. The number of halogens is 4. The molecule has 284 valence electrons. The van der Waals surface area contributed by atoms with Gasteiger partial charge in [-0.1, -0.05) is 29.3 Å². The normalized spacial score (nSPS) is 23.5. The minimum atomic E-state index is -2.36. The van der Waals surface area contributed by atoms with E-state index in [0.717, 1.165) is 9.25 Å². The Bertz CT molecular complexity index is 2550. The summed E-state index contributed by atoms with van der Waals surface area (Å²) in [7, 11) is 7.13. The van der Waals surface area contributed by atoms with Gasteiger partial charge in [0.1, 0.15) is 42.8 Å². The number of aryl methyl sites for hydroxylation is 2. The maximum atomic E-state index is 14.3. The molecule has 3 heterocycles. The van der Waals surface area contributed by atoms with Gasteiger partial charge in [0.15, 0.2) is 23.1 Å². The zero-order valence-electron chi connectivity index (χ0n) is 29.2. The molecule has 15 nitrogen and oxygen atoms in total. The summed E-state index contributed by atoms with van der Waals surface area (Å²) in [5.41, 5.74) is -0.541. The fraction of sp³-hybridized carbons (Fsp3) is 0.371. The van der Waals surface area contributed by atoms with E-state index in [1.54, 1.807) is 25.3 Å². The third-order valence-corrected chi connectivity index (χ3v) is 12.7. The number of rotatable bonds is 8. The molecule has 0 radical (unpaired) electrons. The molecule has 54 heavy (non-hydrogen) atoms. The summed E-state index contributed by atoms with van der Waals surface area (Å²) in [6.45, 7) is -0.414. The summed E-state index contributed by atoms with van der Waals surface area (Å²) in [6.07, 6.45) is 1.04. The molecule has 7 rings (SSSR count). The summed E-state index contributed by atoms with van der Waals surface area (Å²) >= 11 is 27.2. The molecule has 0 bridgehead atoms. The average Bonchev–Trinajstić information content (AvgIpc) is 3.41. The first kappa shape index (κ1) is 37.6. The Labute approximate surface area is 325 Å². The van der Waals surface area contributed by atoms with Gasteiger partial charge in [-0.2, -0.15) is 0 Å². The van der Waals surface area contributed by atoms with Crippen LogP contribution < -0.4 is 35.9 Å². The Morgan fingerprint density at radius 2 is 1.44 bits per heavy atom. The number of carbonyl (C=O) groups is 2. The highest BCUT2D eigenvalue weighted by Gasteiger charge is 2.72. The second-order valence-corrected chi connectivity index (χ2v) is 14.9.